The average molecular weight is 250 g/mol. The molecule has 0 saturated heterocycles. The van der Waals surface area contributed by atoms with Gasteiger partial charge in [0.1, 0.15) is 5.82 Å². The van der Waals surface area contributed by atoms with Crippen LogP contribution in [0.25, 0.3) is 0 Å². The molecule has 2 aromatic rings. The number of carbonyl (C=O) groups is 1. The maximum atomic E-state index is 11.8. The summed E-state index contributed by atoms with van der Waals surface area (Å²) in [5.74, 6) is 0.487. The van der Waals surface area contributed by atoms with Crippen LogP contribution in [0.15, 0.2) is 29.8 Å². The summed E-state index contributed by atoms with van der Waals surface area (Å²) in [6.45, 7) is 0. The highest BCUT2D eigenvalue weighted by atomic mass is 32.1. The van der Waals surface area contributed by atoms with E-state index in [0.29, 0.717) is 11.5 Å². The molecule has 1 heterocycles. The highest BCUT2D eigenvalue weighted by Gasteiger charge is 2.16. The summed E-state index contributed by atoms with van der Waals surface area (Å²) in [6.07, 6.45) is 0. The third kappa shape index (κ3) is 2.36. The van der Waals surface area contributed by atoms with E-state index in [2.05, 4.69) is 4.98 Å². The Morgan fingerprint density at radius 1 is 1.35 bits per heavy atom. The molecular weight excluding hydrogens is 240 g/mol. The number of hydrogen-bond acceptors (Lipinski definition) is 6. The van der Waals surface area contributed by atoms with Crippen molar-refractivity contribution in [2.75, 3.05) is 12.8 Å². The second-order valence-corrected chi connectivity index (χ2v) is 3.96. The standard InChI is InChI=1S/C11H10N2O3S/c1-15-7-4-2-3-5-8(7)16-11(14)9-10(12)13-6-17-9/h2-6H,12H2,1H3. The van der Waals surface area contributed by atoms with Gasteiger partial charge in [-0.15, -0.1) is 11.3 Å². The number of thiazole rings is 1. The van der Waals surface area contributed by atoms with Gasteiger partial charge in [-0.1, -0.05) is 12.1 Å². The minimum atomic E-state index is -0.533. The zero-order valence-electron chi connectivity index (χ0n) is 9.04. The number of nitrogen functional groups attached to an aromatic ring is 1. The average Bonchev–Trinajstić information content (AvgIpc) is 2.76. The molecule has 1 aromatic heterocycles. The Morgan fingerprint density at radius 3 is 2.65 bits per heavy atom. The Balaban J connectivity index is 2.22. The van der Waals surface area contributed by atoms with Crippen LogP contribution in [0.3, 0.4) is 0 Å². The minimum absolute atomic E-state index is 0.176. The van der Waals surface area contributed by atoms with Crippen LogP contribution < -0.4 is 15.2 Å². The number of benzene rings is 1. The van der Waals surface area contributed by atoms with E-state index in [4.69, 9.17) is 15.2 Å². The topological polar surface area (TPSA) is 74.4 Å². The number of aromatic nitrogens is 1. The van der Waals surface area contributed by atoms with Gasteiger partial charge in [-0.05, 0) is 12.1 Å². The molecule has 6 heteroatoms. The van der Waals surface area contributed by atoms with E-state index in [-0.39, 0.29) is 10.7 Å². The fourth-order valence-electron chi connectivity index (χ4n) is 1.26. The van der Waals surface area contributed by atoms with E-state index in [9.17, 15) is 4.79 Å². The van der Waals surface area contributed by atoms with E-state index >= 15 is 0 Å². The van der Waals surface area contributed by atoms with E-state index in [1.54, 1.807) is 24.3 Å². The summed E-state index contributed by atoms with van der Waals surface area (Å²) in [4.78, 5) is 15.9. The summed E-state index contributed by atoms with van der Waals surface area (Å²) < 4.78 is 10.3. The Bertz CT molecular complexity index is 539. The highest BCUT2D eigenvalue weighted by molar-refractivity contribution is 7.12. The summed E-state index contributed by atoms with van der Waals surface area (Å²) >= 11 is 1.14. The molecule has 0 aliphatic rings. The number of hydrogen-bond donors (Lipinski definition) is 1. The lowest BCUT2D eigenvalue weighted by molar-refractivity contribution is 0.0735. The Labute approximate surface area is 102 Å². The van der Waals surface area contributed by atoms with Crippen molar-refractivity contribution in [3.63, 3.8) is 0 Å². The van der Waals surface area contributed by atoms with Crippen molar-refractivity contribution in [3.05, 3.63) is 34.7 Å². The zero-order valence-corrected chi connectivity index (χ0v) is 9.86. The Morgan fingerprint density at radius 2 is 2.06 bits per heavy atom. The summed E-state index contributed by atoms with van der Waals surface area (Å²) in [5, 5.41) is 0. The molecule has 0 fully saturated rings. The quantitative estimate of drug-likeness (QED) is 0.665. The first-order valence-electron chi connectivity index (χ1n) is 4.76. The van der Waals surface area contributed by atoms with Crippen LogP contribution in [0, 0.1) is 0 Å². The molecule has 88 valence electrons. The van der Waals surface area contributed by atoms with Gasteiger partial charge in [-0.2, -0.15) is 0 Å². The van der Waals surface area contributed by atoms with Crippen molar-refractivity contribution in [2.24, 2.45) is 0 Å². The fourth-order valence-corrected chi connectivity index (χ4v) is 1.84. The number of nitrogens with two attached hydrogens (primary N) is 1. The Hall–Kier alpha value is -2.08. The molecule has 17 heavy (non-hydrogen) atoms. The maximum Gasteiger partial charge on any atom is 0.357 e. The van der Waals surface area contributed by atoms with Crippen LogP contribution in [0.1, 0.15) is 9.67 Å². The largest absolute Gasteiger partial charge is 0.493 e. The zero-order chi connectivity index (χ0) is 12.3. The van der Waals surface area contributed by atoms with Crippen LogP contribution in [-0.4, -0.2) is 18.1 Å². The smallest absolute Gasteiger partial charge is 0.357 e. The number of rotatable bonds is 3. The molecule has 0 radical (unpaired) electrons. The molecule has 0 amide bonds. The third-order valence-corrected chi connectivity index (χ3v) is 2.87. The summed E-state index contributed by atoms with van der Waals surface area (Å²) in [7, 11) is 1.51. The van der Waals surface area contributed by atoms with Gasteiger partial charge < -0.3 is 15.2 Å². The van der Waals surface area contributed by atoms with Crippen molar-refractivity contribution in [3.8, 4) is 11.5 Å². The van der Waals surface area contributed by atoms with Crippen LogP contribution >= 0.6 is 11.3 Å². The second-order valence-electron chi connectivity index (χ2n) is 3.11. The number of nitrogens with zero attached hydrogens (tertiary/aromatic N) is 1. The van der Waals surface area contributed by atoms with Crippen LogP contribution in [0.4, 0.5) is 5.82 Å². The first-order chi connectivity index (χ1) is 8.22. The van der Waals surface area contributed by atoms with Gasteiger partial charge in [0.15, 0.2) is 16.4 Å². The molecule has 5 nitrogen and oxygen atoms in total. The highest BCUT2D eigenvalue weighted by Crippen LogP contribution is 2.27. The van der Waals surface area contributed by atoms with E-state index < -0.39 is 5.97 Å². The van der Waals surface area contributed by atoms with E-state index in [1.807, 2.05) is 0 Å². The van der Waals surface area contributed by atoms with Crippen LogP contribution in [0.5, 0.6) is 11.5 Å². The van der Waals surface area contributed by atoms with Gasteiger partial charge in [0.25, 0.3) is 0 Å². The minimum Gasteiger partial charge on any atom is -0.493 e. The first kappa shape index (κ1) is 11.4. The molecule has 2 N–H and O–H groups in total. The molecule has 0 aliphatic carbocycles. The molecule has 1 aromatic carbocycles. The van der Waals surface area contributed by atoms with Gasteiger partial charge in [0, 0.05) is 0 Å². The SMILES string of the molecule is COc1ccccc1OC(=O)c1scnc1N. The first-order valence-corrected chi connectivity index (χ1v) is 5.64. The number of esters is 1. The van der Waals surface area contributed by atoms with Gasteiger partial charge in [-0.3, -0.25) is 0 Å². The molecule has 0 aliphatic heterocycles. The van der Waals surface area contributed by atoms with Gasteiger partial charge in [0.05, 0.1) is 12.6 Å². The molecular formula is C11H10N2O3S. The molecule has 0 unspecified atom stereocenters. The summed E-state index contributed by atoms with van der Waals surface area (Å²) in [6, 6.07) is 6.89. The van der Waals surface area contributed by atoms with E-state index in [0.717, 1.165) is 11.3 Å². The normalized spacial score (nSPS) is 9.94. The van der Waals surface area contributed by atoms with Gasteiger partial charge >= 0.3 is 5.97 Å². The monoisotopic (exact) mass is 250 g/mol. The number of methoxy groups -OCH3 is 1. The number of anilines is 1. The van der Waals surface area contributed by atoms with Crippen molar-refractivity contribution in [2.45, 2.75) is 0 Å². The van der Waals surface area contributed by atoms with Crippen molar-refractivity contribution in [1.29, 1.82) is 0 Å². The van der Waals surface area contributed by atoms with Crippen molar-refractivity contribution >= 4 is 23.1 Å². The van der Waals surface area contributed by atoms with Crippen molar-refractivity contribution < 1.29 is 14.3 Å². The van der Waals surface area contributed by atoms with Gasteiger partial charge in [0.2, 0.25) is 0 Å². The lowest BCUT2D eigenvalue weighted by atomic mass is 10.3. The number of carbonyl (C=O) groups excluding carboxylic acids is 1. The van der Waals surface area contributed by atoms with Crippen LogP contribution in [-0.2, 0) is 0 Å². The second kappa shape index (κ2) is 4.84. The van der Waals surface area contributed by atoms with Gasteiger partial charge in [-0.25, -0.2) is 9.78 Å². The van der Waals surface area contributed by atoms with Crippen LogP contribution in [0.2, 0.25) is 0 Å². The number of ether oxygens (including phenoxy) is 2. The van der Waals surface area contributed by atoms with Crippen molar-refractivity contribution in [1.82, 2.24) is 4.98 Å². The summed E-state index contributed by atoms with van der Waals surface area (Å²) in [5.41, 5.74) is 7.03. The fraction of sp³-hybridized carbons (Fsp3) is 0.0909. The molecule has 0 bridgehead atoms. The maximum absolute atomic E-state index is 11.8. The third-order valence-electron chi connectivity index (χ3n) is 2.05. The lowest BCUT2D eigenvalue weighted by Crippen LogP contribution is -2.09. The molecule has 2 rings (SSSR count). The lowest BCUT2D eigenvalue weighted by Gasteiger charge is -2.07. The Kier molecular flexibility index (Phi) is 3.24. The molecule has 0 spiro atoms. The van der Waals surface area contributed by atoms with E-state index in [1.165, 1.54) is 12.6 Å². The predicted molar refractivity (Wildman–Crippen MR) is 64.5 cm³/mol. The number of para-hydroxylation sites is 2. The molecule has 0 atom stereocenters. The predicted octanol–water partition coefficient (Wildman–Crippen LogP) is 1.95. The molecule has 0 saturated carbocycles.